The van der Waals surface area contributed by atoms with Crippen LogP contribution in [0.25, 0.3) is 11.2 Å². The van der Waals surface area contributed by atoms with Crippen molar-refractivity contribution in [1.82, 2.24) is 19.9 Å². The molecule has 1 N–H and O–H groups in total. The minimum atomic E-state index is -0.131. The lowest BCUT2D eigenvalue weighted by Crippen LogP contribution is -2.09. The first-order valence-electron chi connectivity index (χ1n) is 6.59. The Morgan fingerprint density at radius 3 is 3.05 bits per heavy atom. The number of carbonyl (C=O) groups excluding carboxylic acids is 1. The van der Waals surface area contributed by atoms with Gasteiger partial charge in [0, 0.05) is 12.2 Å². The van der Waals surface area contributed by atoms with E-state index < -0.39 is 0 Å². The molecule has 20 heavy (non-hydrogen) atoms. The zero-order valence-electron chi connectivity index (χ0n) is 11.6. The summed E-state index contributed by atoms with van der Waals surface area (Å²) in [6.07, 6.45) is 4.31. The third kappa shape index (κ3) is 4.19. The lowest BCUT2D eigenvalue weighted by molar-refractivity contribution is -0.144. The first-order chi connectivity index (χ1) is 9.66. The summed E-state index contributed by atoms with van der Waals surface area (Å²) < 4.78 is 5.12. The molecule has 0 aliphatic rings. The molecular formula is C13H18N4O2S. The summed E-state index contributed by atoms with van der Waals surface area (Å²) >= 11 is 1.59. The summed E-state index contributed by atoms with van der Waals surface area (Å²) in [5, 5.41) is 0.864. The normalized spacial score (nSPS) is 11.2. The maximum atomic E-state index is 11.5. The number of rotatable bonds is 7. The second kappa shape index (κ2) is 7.23. The van der Waals surface area contributed by atoms with Gasteiger partial charge in [0.1, 0.15) is 16.9 Å². The SMILES string of the molecule is CC(C)COC(=O)CCCSc1ncnc2nc[nH]c12. The van der Waals surface area contributed by atoms with Gasteiger partial charge >= 0.3 is 5.97 Å². The molecule has 0 spiro atoms. The van der Waals surface area contributed by atoms with E-state index in [0.29, 0.717) is 24.6 Å². The Balaban J connectivity index is 1.73. The maximum Gasteiger partial charge on any atom is 0.305 e. The van der Waals surface area contributed by atoms with Crippen molar-refractivity contribution in [2.24, 2.45) is 5.92 Å². The lowest BCUT2D eigenvalue weighted by Gasteiger charge is -2.06. The zero-order chi connectivity index (χ0) is 14.4. The summed E-state index contributed by atoms with van der Waals surface area (Å²) in [6, 6.07) is 0. The molecule has 108 valence electrons. The van der Waals surface area contributed by atoms with Gasteiger partial charge in [0.2, 0.25) is 0 Å². The predicted octanol–water partition coefficient (Wildman–Crippen LogP) is 2.42. The lowest BCUT2D eigenvalue weighted by atomic mass is 10.2. The van der Waals surface area contributed by atoms with E-state index >= 15 is 0 Å². The number of ether oxygens (including phenoxy) is 1. The number of esters is 1. The average molecular weight is 294 g/mol. The van der Waals surface area contributed by atoms with Crippen LogP contribution in [0.5, 0.6) is 0 Å². The van der Waals surface area contributed by atoms with Crippen molar-refractivity contribution in [2.45, 2.75) is 31.7 Å². The van der Waals surface area contributed by atoms with Crippen molar-refractivity contribution in [3.8, 4) is 0 Å². The van der Waals surface area contributed by atoms with Crippen LogP contribution in [0.3, 0.4) is 0 Å². The van der Waals surface area contributed by atoms with Crippen LogP contribution in [0.1, 0.15) is 26.7 Å². The highest BCUT2D eigenvalue weighted by atomic mass is 32.2. The molecule has 2 heterocycles. The summed E-state index contributed by atoms with van der Waals surface area (Å²) in [7, 11) is 0. The van der Waals surface area contributed by atoms with Crippen molar-refractivity contribution in [1.29, 1.82) is 0 Å². The van der Waals surface area contributed by atoms with E-state index in [9.17, 15) is 4.79 Å². The fraction of sp³-hybridized carbons (Fsp3) is 0.538. The molecule has 0 saturated heterocycles. The molecule has 0 aliphatic carbocycles. The number of nitrogens with zero attached hydrogens (tertiary/aromatic N) is 3. The first-order valence-corrected chi connectivity index (χ1v) is 7.58. The second-order valence-electron chi connectivity index (χ2n) is 4.81. The number of hydrogen-bond acceptors (Lipinski definition) is 6. The smallest absolute Gasteiger partial charge is 0.305 e. The predicted molar refractivity (Wildman–Crippen MR) is 77.4 cm³/mol. The largest absolute Gasteiger partial charge is 0.465 e. The Kier molecular flexibility index (Phi) is 5.34. The molecule has 0 amide bonds. The highest BCUT2D eigenvalue weighted by molar-refractivity contribution is 7.99. The van der Waals surface area contributed by atoms with Crippen LogP contribution in [0.15, 0.2) is 17.7 Å². The van der Waals surface area contributed by atoms with Gasteiger partial charge < -0.3 is 9.72 Å². The Labute approximate surface area is 121 Å². The number of thioether (sulfide) groups is 1. The van der Waals surface area contributed by atoms with E-state index in [1.165, 1.54) is 6.33 Å². The summed E-state index contributed by atoms with van der Waals surface area (Å²) in [6.45, 7) is 4.54. The van der Waals surface area contributed by atoms with E-state index in [-0.39, 0.29) is 5.97 Å². The fourth-order valence-electron chi connectivity index (χ4n) is 1.57. The number of fused-ring (bicyclic) bond motifs is 1. The van der Waals surface area contributed by atoms with Gasteiger partial charge in [-0.25, -0.2) is 15.0 Å². The van der Waals surface area contributed by atoms with E-state index in [2.05, 4.69) is 19.9 Å². The molecule has 2 rings (SSSR count). The van der Waals surface area contributed by atoms with Gasteiger partial charge in [0.15, 0.2) is 5.65 Å². The van der Waals surface area contributed by atoms with E-state index in [1.807, 2.05) is 13.8 Å². The second-order valence-corrected chi connectivity index (χ2v) is 5.89. The molecule has 0 aliphatic heterocycles. The first kappa shape index (κ1) is 14.8. The topological polar surface area (TPSA) is 80.8 Å². The van der Waals surface area contributed by atoms with E-state index in [0.717, 1.165) is 22.7 Å². The Morgan fingerprint density at radius 1 is 1.40 bits per heavy atom. The third-order valence-corrected chi connectivity index (χ3v) is 3.61. The molecule has 0 unspecified atom stereocenters. The van der Waals surface area contributed by atoms with Crippen molar-refractivity contribution >= 4 is 28.9 Å². The monoisotopic (exact) mass is 294 g/mol. The minimum Gasteiger partial charge on any atom is -0.465 e. The van der Waals surface area contributed by atoms with E-state index in [1.54, 1.807) is 18.1 Å². The summed E-state index contributed by atoms with van der Waals surface area (Å²) in [5.41, 5.74) is 1.51. The molecule has 0 fully saturated rings. The van der Waals surface area contributed by atoms with Gasteiger partial charge in [-0.15, -0.1) is 11.8 Å². The van der Waals surface area contributed by atoms with Crippen molar-refractivity contribution in [3.63, 3.8) is 0 Å². The standard InChI is InChI=1S/C13H18N4O2S/c1-9(2)6-19-10(18)4-3-5-20-13-11-12(15-7-14-11)16-8-17-13/h7-9H,3-6H2,1-2H3,(H,14,15,16,17). The van der Waals surface area contributed by atoms with Crippen LogP contribution in [-0.2, 0) is 9.53 Å². The number of H-pyrrole nitrogens is 1. The summed E-state index contributed by atoms with van der Waals surface area (Å²) in [4.78, 5) is 26.8. The van der Waals surface area contributed by atoms with Gasteiger partial charge in [-0.3, -0.25) is 4.79 Å². The molecule has 7 heteroatoms. The minimum absolute atomic E-state index is 0.131. The summed E-state index contributed by atoms with van der Waals surface area (Å²) in [5.74, 6) is 1.05. The molecular weight excluding hydrogens is 276 g/mol. The van der Waals surface area contributed by atoms with Crippen LogP contribution in [0.4, 0.5) is 0 Å². The number of hydrogen-bond donors (Lipinski definition) is 1. The van der Waals surface area contributed by atoms with Crippen molar-refractivity contribution in [2.75, 3.05) is 12.4 Å². The van der Waals surface area contributed by atoms with Crippen LogP contribution < -0.4 is 0 Å². The van der Waals surface area contributed by atoms with E-state index in [4.69, 9.17) is 4.74 Å². The van der Waals surface area contributed by atoms with Gasteiger partial charge in [-0.05, 0) is 12.3 Å². The van der Waals surface area contributed by atoms with Gasteiger partial charge in [-0.2, -0.15) is 0 Å². The molecule has 0 saturated carbocycles. The van der Waals surface area contributed by atoms with Crippen molar-refractivity contribution < 1.29 is 9.53 Å². The highest BCUT2D eigenvalue weighted by Crippen LogP contribution is 2.22. The highest BCUT2D eigenvalue weighted by Gasteiger charge is 2.08. The number of aromatic nitrogens is 4. The van der Waals surface area contributed by atoms with Crippen LogP contribution in [0.2, 0.25) is 0 Å². The molecule has 0 bridgehead atoms. The molecule has 2 aromatic heterocycles. The Hall–Kier alpha value is -1.63. The Bertz CT molecular complexity index is 570. The molecule has 6 nitrogen and oxygen atoms in total. The average Bonchev–Trinajstić information content (AvgIpc) is 2.90. The van der Waals surface area contributed by atoms with Crippen LogP contribution >= 0.6 is 11.8 Å². The molecule has 0 atom stereocenters. The van der Waals surface area contributed by atoms with Gasteiger partial charge in [0.05, 0.1) is 12.9 Å². The zero-order valence-corrected chi connectivity index (χ0v) is 12.4. The van der Waals surface area contributed by atoms with Gasteiger partial charge in [0.25, 0.3) is 0 Å². The Morgan fingerprint density at radius 2 is 2.25 bits per heavy atom. The fourth-order valence-corrected chi connectivity index (χ4v) is 2.47. The molecule has 0 aromatic carbocycles. The van der Waals surface area contributed by atoms with Gasteiger partial charge in [-0.1, -0.05) is 13.8 Å². The number of nitrogens with one attached hydrogen (secondary N) is 1. The van der Waals surface area contributed by atoms with Crippen molar-refractivity contribution in [3.05, 3.63) is 12.7 Å². The number of aromatic amines is 1. The quantitative estimate of drug-likeness (QED) is 0.365. The number of carbonyl (C=O) groups is 1. The molecule has 2 aromatic rings. The third-order valence-electron chi connectivity index (χ3n) is 2.53. The number of imidazole rings is 1. The maximum absolute atomic E-state index is 11.5. The van der Waals surface area contributed by atoms with Crippen LogP contribution in [0, 0.1) is 5.92 Å². The van der Waals surface area contributed by atoms with Crippen LogP contribution in [-0.4, -0.2) is 38.3 Å². The molecule has 0 radical (unpaired) electrons.